The Kier molecular flexibility index (Phi) is 3.63. The van der Waals surface area contributed by atoms with Gasteiger partial charge in [-0.05, 0) is 31.0 Å². The number of benzene rings is 1. The van der Waals surface area contributed by atoms with E-state index in [4.69, 9.17) is 0 Å². The fourth-order valence-electron chi connectivity index (χ4n) is 2.78. The fourth-order valence-corrected chi connectivity index (χ4v) is 3.68. The van der Waals surface area contributed by atoms with Crippen molar-refractivity contribution in [2.45, 2.75) is 38.8 Å². The Bertz CT molecular complexity index is 717. The number of nitrogens with zero attached hydrogens (tertiary/aromatic N) is 1. The number of nitrogens with one attached hydrogen (secondary N) is 1. The van der Waals surface area contributed by atoms with Crippen LogP contribution in [0.5, 0.6) is 0 Å². The van der Waals surface area contributed by atoms with E-state index in [1.165, 1.54) is 6.07 Å². The summed E-state index contributed by atoms with van der Waals surface area (Å²) < 4.78 is 38.5. The lowest BCUT2D eigenvalue weighted by molar-refractivity contribution is -0.137. The molecule has 3 nitrogen and oxygen atoms in total. The van der Waals surface area contributed by atoms with Crippen molar-refractivity contribution >= 4 is 32.6 Å². The van der Waals surface area contributed by atoms with Crippen LogP contribution in [0.4, 0.5) is 18.3 Å². The van der Waals surface area contributed by atoms with Gasteiger partial charge in [-0.2, -0.15) is 13.2 Å². The summed E-state index contributed by atoms with van der Waals surface area (Å²) in [5, 5.41) is 3.11. The van der Waals surface area contributed by atoms with Gasteiger partial charge >= 0.3 is 6.18 Å². The predicted molar refractivity (Wildman–Crippen MR) is 79.8 cm³/mol. The van der Waals surface area contributed by atoms with E-state index in [2.05, 4.69) is 10.3 Å². The molecule has 1 amide bonds. The van der Waals surface area contributed by atoms with E-state index in [0.717, 1.165) is 49.2 Å². The summed E-state index contributed by atoms with van der Waals surface area (Å²) in [5.74, 6) is -0.0971. The zero-order valence-corrected chi connectivity index (χ0v) is 12.8. The number of aromatic nitrogens is 1. The second-order valence-corrected chi connectivity index (χ2v) is 6.95. The summed E-state index contributed by atoms with van der Waals surface area (Å²) >= 11 is 1.07. The molecule has 7 heteroatoms. The first kappa shape index (κ1) is 15.3. The molecule has 1 heterocycles. The van der Waals surface area contributed by atoms with Crippen molar-refractivity contribution in [2.24, 2.45) is 5.41 Å². The fraction of sp³-hybridized carbons (Fsp3) is 0.467. The maximum absolute atomic E-state index is 12.7. The highest BCUT2D eigenvalue weighted by Gasteiger charge is 2.36. The number of amides is 1. The molecule has 118 valence electrons. The quantitative estimate of drug-likeness (QED) is 0.857. The van der Waals surface area contributed by atoms with Crippen LogP contribution in [0, 0.1) is 5.41 Å². The van der Waals surface area contributed by atoms with Crippen LogP contribution in [-0.2, 0) is 11.0 Å². The number of fused-ring (bicyclic) bond motifs is 1. The van der Waals surface area contributed by atoms with E-state index in [9.17, 15) is 18.0 Å². The number of halogens is 3. The van der Waals surface area contributed by atoms with Crippen LogP contribution in [0.1, 0.15) is 38.2 Å². The highest BCUT2D eigenvalue weighted by molar-refractivity contribution is 7.22. The van der Waals surface area contributed by atoms with Gasteiger partial charge in [0.25, 0.3) is 0 Å². The number of thiazole rings is 1. The second kappa shape index (κ2) is 5.22. The third-order valence-electron chi connectivity index (χ3n) is 4.19. The van der Waals surface area contributed by atoms with Gasteiger partial charge in [-0.1, -0.05) is 31.1 Å². The average Bonchev–Trinajstić information content (AvgIpc) is 3.03. The summed E-state index contributed by atoms with van der Waals surface area (Å²) in [6.45, 7) is 1.92. The molecule has 2 aromatic rings. The molecule has 1 aromatic carbocycles. The van der Waals surface area contributed by atoms with Crippen molar-refractivity contribution < 1.29 is 18.0 Å². The minimum atomic E-state index is -4.38. The molecule has 1 aliphatic rings. The SMILES string of the molecule is CC1(C(=O)Nc2nc3ccc(C(F)(F)F)cc3s2)CCCC1. The zero-order chi connectivity index (χ0) is 16.0. The minimum absolute atomic E-state index is 0.0971. The Balaban J connectivity index is 1.84. The molecule has 1 fully saturated rings. The molecule has 0 radical (unpaired) electrons. The Morgan fingerprint density at radius 2 is 2.00 bits per heavy atom. The van der Waals surface area contributed by atoms with Crippen LogP contribution in [0.3, 0.4) is 0 Å². The molecule has 0 spiro atoms. The first-order valence-electron chi connectivity index (χ1n) is 7.07. The van der Waals surface area contributed by atoms with Gasteiger partial charge in [-0.25, -0.2) is 4.98 Å². The lowest BCUT2D eigenvalue weighted by Crippen LogP contribution is -2.30. The minimum Gasteiger partial charge on any atom is -0.301 e. The summed E-state index contributed by atoms with van der Waals surface area (Å²) in [6.07, 6.45) is -0.653. The monoisotopic (exact) mass is 328 g/mol. The molecular formula is C15H15F3N2OS. The molecule has 0 atom stereocenters. The van der Waals surface area contributed by atoms with E-state index < -0.39 is 17.2 Å². The molecule has 0 saturated heterocycles. The molecule has 3 rings (SSSR count). The summed E-state index contributed by atoms with van der Waals surface area (Å²) in [5.41, 5.74) is -0.635. The Labute approximate surface area is 129 Å². The van der Waals surface area contributed by atoms with E-state index >= 15 is 0 Å². The van der Waals surface area contributed by atoms with Crippen molar-refractivity contribution in [1.82, 2.24) is 4.98 Å². The molecule has 1 aliphatic carbocycles. The van der Waals surface area contributed by atoms with Crippen LogP contribution in [-0.4, -0.2) is 10.9 Å². The third-order valence-corrected chi connectivity index (χ3v) is 5.13. The Morgan fingerprint density at radius 1 is 1.32 bits per heavy atom. The number of hydrogen-bond acceptors (Lipinski definition) is 3. The largest absolute Gasteiger partial charge is 0.416 e. The summed E-state index contributed by atoms with van der Waals surface area (Å²) in [4.78, 5) is 16.5. The van der Waals surface area contributed by atoms with E-state index in [1.54, 1.807) is 0 Å². The second-order valence-electron chi connectivity index (χ2n) is 5.92. The molecule has 1 N–H and O–H groups in total. The van der Waals surface area contributed by atoms with Gasteiger partial charge in [-0.3, -0.25) is 4.79 Å². The molecule has 1 aromatic heterocycles. The maximum atomic E-state index is 12.7. The summed E-state index contributed by atoms with van der Waals surface area (Å²) in [7, 11) is 0. The number of hydrogen-bond donors (Lipinski definition) is 1. The van der Waals surface area contributed by atoms with Gasteiger partial charge in [0.15, 0.2) is 5.13 Å². The number of alkyl halides is 3. The maximum Gasteiger partial charge on any atom is 0.416 e. The van der Waals surface area contributed by atoms with Crippen LogP contribution < -0.4 is 5.32 Å². The van der Waals surface area contributed by atoms with Gasteiger partial charge in [-0.15, -0.1) is 0 Å². The van der Waals surface area contributed by atoms with E-state index in [-0.39, 0.29) is 5.91 Å². The lowest BCUT2D eigenvalue weighted by atomic mass is 9.88. The number of carbonyl (C=O) groups is 1. The smallest absolute Gasteiger partial charge is 0.301 e. The van der Waals surface area contributed by atoms with Crippen LogP contribution >= 0.6 is 11.3 Å². The first-order valence-corrected chi connectivity index (χ1v) is 7.89. The van der Waals surface area contributed by atoms with Gasteiger partial charge in [0.1, 0.15) is 0 Å². The van der Waals surface area contributed by atoms with Crippen molar-refractivity contribution in [1.29, 1.82) is 0 Å². The highest BCUT2D eigenvalue weighted by Crippen LogP contribution is 2.39. The Morgan fingerprint density at radius 3 is 2.64 bits per heavy atom. The lowest BCUT2D eigenvalue weighted by Gasteiger charge is -2.21. The van der Waals surface area contributed by atoms with Crippen molar-refractivity contribution in [3.05, 3.63) is 23.8 Å². The van der Waals surface area contributed by atoms with E-state index in [1.807, 2.05) is 6.92 Å². The number of carbonyl (C=O) groups excluding carboxylic acids is 1. The van der Waals surface area contributed by atoms with Gasteiger partial charge in [0.05, 0.1) is 15.8 Å². The van der Waals surface area contributed by atoms with Crippen LogP contribution in [0.25, 0.3) is 10.2 Å². The Hall–Kier alpha value is -1.63. The molecular weight excluding hydrogens is 313 g/mol. The number of anilines is 1. The van der Waals surface area contributed by atoms with Crippen molar-refractivity contribution in [3.8, 4) is 0 Å². The molecule has 22 heavy (non-hydrogen) atoms. The highest BCUT2D eigenvalue weighted by atomic mass is 32.1. The molecule has 0 bridgehead atoms. The van der Waals surface area contributed by atoms with Crippen molar-refractivity contribution in [2.75, 3.05) is 5.32 Å². The average molecular weight is 328 g/mol. The molecule has 0 aliphatic heterocycles. The van der Waals surface area contributed by atoms with E-state index in [0.29, 0.717) is 15.3 Å². The molecule has 0 unspecified atom stereocenters. The number of rotatable bonds is 2. The standard InChI is InChI=1S/C15H15F3N2OS/c1-14(6-2-3-7-14)12(21)20-13-19-10-5-4-9(15(16,17)18)8-11(10)22-13/h4-5,8H,2-3,6-7H2,1H3,(H,19,20,21). The van der Waals surface area contributed by atoms with Gasteiger partial charge in [0.2, 0.25) is 5.91 Å². The normalized spacial score (nSPS) is 17.8. The van der Waals surface area contributed by atoms with Crippen LogP contribution in [0.15, 0.2) is 18.2 Å². The summed E-state index contributed by atoms with van der Waals surface area (Å²) in [6, 6.07) is 3.41. The predicted octanol–water partition coefficient (Wildman–Crippen LogP) is 4.83. The van der Waals surface area contributed by atoms with Gasteiger partial charge in [0, 0.05) is 5.41 Å². The van der Waals surface area contributed by atoms with Crippen LogP contribution in [0.2, 0.25) is 0 Å². The zero-order valence-electron chi connectivity index (χ0n) is 12.0. The first-order chi connectivity index (χ1) is 10.3. The van der Waals surface area contributed by atoms with Crippen molar-refractivity contribution in [3.63, 3.8) is 0 Å². The molecule has 1 saturated carbocycles. The van der Waals surface area contributed by atoms with Gasteiger partial charge < -0.3 is 5.32 Å². The third kappa shape index (κ3) is 2.82. The topological polar surface area (TPSA) is 42.0 Å².